The molecule has 0 atom stereocenters. The predicted octanol–water partition coefficient (Wildman–Crippen LogP) is 9.98. The quantitative estimate of drug-likeness (QED) is 0.132. The number of piperidine rings is 2. The number of alkyl halides is 3. The van der Waals surface area contributed by atoms with Crippen LogP contribution in [0.1, 0.15) is 78.4 Å². The second-order valence-electron chi connectivity index (χ2n) is 15.1. The third-order valence-corrected chi connectivity index (χ3v) is 11.7. The van der Waals surface area contributed by atoms with Crippen molar-refractivity contribution in [3.63, 3.8) is 0 Å². The lowest BCUT2D eigenvalue weighted by molar-refractivity contribution is -0.192. The molecule has 0 unspecified atom stereocenters. The van der Waals surface area contributed by atoms with Gasteiger partial charge in [0.25, 0.3) is 5.91 Å². The highest BCUT2D eigenvalue weighted by Crippen LogP contribution is 2.28. The summed E-state index contributed by atoms with van der Waals surface area (Å²) in [4.78, 5) is 40.3. The fraction of sp³-hybridized carbons (Fsp3) is 0.413. The first-order chi connectivity index (χ1) is 27.5. The second-order valence-corrected chi connectivity index (χ2v) is 16.0. The number of likely N-dealkylation sites (tertiary alicyclic amines) is 1. The van der Waals surface area contributed by atoms with Crippen LogP contribution in [0.4, 0.5) is 13.2 Å². The van der Waals surface area contributed by atoms with Gasteiger partial charge in [-0.15, -0.1) is 0 Å². The Bertz CT molecular complexity index is 1890. The number of carbonyl (C=O) groups excluding carboxylic acids is 2. The van der Waals surface area contributed by atoms with Crippen LogP contribution >= 0.6 is 15.9 Å². The Labute approximate surface area is 342 Å². The molecule has 0 aliphatic carbocycles. The number of aliphatic carboxylic acids is 1. The summed E-state index contributed by atoms with van der Waals surface area (Å²) in [5.74, 6) is -0.854. The van der Waals surface area contributed by atoms with E-state index in [1.807, 2.05) is 53.4 Å². The minimum Gasteiger partial charge on any atom is -0.475 e. The zero-order valence-electron chi connectivity index (χ0n) is 32.4. The van der Waals surface area contributed by atoms with Crippen LogP contribution in [-0.4, -0.2) is 71.6 Å². The molecule has 2 N–H and O–H groups in total. The van der Waals surface area contributed by atoms with Gasteiger partial charge in [0.1, 0.15) is 0 Å². The predicted molar refractivity (Wildman–Crippen MR) is 222 cm³/mol. The van der Waals surface area contributed by atoms with Crippen molar-refractivity contribution in [1.29, 1.82) is 0 Å². The summed E-state index contributed by atoms with van der Waals surface area (Å²) in [5, 5.41) is 10.6. The first-order valence-electron chi connectivity index (χ1n) is 20.0. The Morgan fingerprint density at radius 2 is 1.35 bits per heavy atom. The molecule has 11 heteroatoms. The molecule has 2 heterocycles. The van der Waals surface area contributed by atoms with E-state index in [1.54, 1.807) is 0 Å². The van der Waals surface area contributed by atoms with Gasteiger partial charge < -0.3 is 20.2 Å². The topological polar surface area (TPSA) is 90.0 Å². The Morgan fingerprint density at radius 1 is 0.754 bits per heavy atom. The minimum absolute atomic E-state index is 0.119. The number of carbonyl (C=O) groups is 3. The third kappa shape index (κ3) is 14.1. The Balaban J connectivity index is 0.000000811. The number of hydrogen-bond donors (Lipinski definition) is 2. The van der Waals surface area contributed by atoms with Crippen LogP contribution in [0.25, 0.3) is 11.1 Å². The molecule has 0 aromatic heterocycles. The molecular formula is C46H53BrF3N3O4. The number of rotatable bonds is 14. The zero-order chi connectivity index (χ0) is 40.6. The summed E-state index contributed by atoms with van der Waals surface area (Å²) in [6.07, 6.45) is 5.97. The minimum atomic E-state index is -5.08. The van der Waals surface area contributed by atoms with Gasteiger partial charge >= 0.3 is 12.1 Å². The molecule has 4 aromatic carbocycles. The number of amides is 2. The van der Waals surface area contributed by atoms with Crippen LogP contribution < -0.4 is 5.32 Å². The lowest BCUT2D eigenvalue weighted by atomic mass is 9.87. The number of halogens is 4. The molecule has 2 amide bonds. The van der Waals surface area contributed by atoms with E-state index in [0.29, 0.717) is 19.5 Å². The fourth-order valence-corrected chi connectivity index (χ4v) is 8.13. The number of nitrogens with one attached hydrogen (secondary N) is 1. The van der Waals surface area contributed by atoms with E-state index in [2.05, 4.69) is 80.7 Å². The smallest absolute Gasteiger partial charge is 0.475 e. The average Bonchev–Trinajstić information content (AvgIpc) is 3.22. The number of hydrogen-bond acceptors (Lipinski definition) is 4. The van der Waals surface area contributed by atoms with Gasteiger partial charge in [-0.1, -0.05) is 114 Å². The average molecular weight is 849 g/mol. The monoisotopic (exact) mass is 847 g/mol. The van der Waals surface area contributed by atoms with Gasteiger partial charge in [-0.05, 0) is 116 Å². The summed E-state index contributed by atoms with van der Waals surface area (Å²) in [6.45, 7) is 5.29. The molecule has 304 valence electrons. The third-order valence-electron chi connectivity index (χ3n) is 11.0. The maximum Gasteiger partial charge on any atom is 0.490 e. The number of carboxylic acid groups (broad SMARTS) is 1. The lowest BCUT2D eigenvalue weighted by Crippen LogP contribution is -2.38. The van der Waals surface area contributed by atoms with Crippen LogP contribution in [0, 0.1) is 11.8 Å². The van der Waals surface area contributed by atoms with E-state index < -0.39 is 12.1 Å². The highest BCUT2D eigenvalue weighted by molar-refractivity contribution is 9.10. The van der Waals surface area contributed by atoms with Crippen LogP contribution in [0.3, 0.4) is 0 Å². The summed E-state index contributed by atoms with van der Waals surface area (Å²) >= 11 is 3.63. The molecule has 2 aliphatic rings. The highest BCUT2D eigenvalue weighted by atomic mass is 79.9. The Morgan fingerprint density at radius 3 is 2.02 bits per heavy atom. The van der Waals surface area contributed by atoms with Crippen molar-refractivity contribution in [2.45, 2.75) is 76.9 Å². The van der Waals surface area contributed by atoms with Crippen molar-refractivity contribution in [3.05, 3.63) is 130 Å². The first-order valence-corrected chi connectivity index (χ1v) is 20.8. The van der Waals surface area contributed by atoms with Gasteiger partial charge in [-0.2, -0.15) is 13.2 Å². The molecule has 57 heavy (non-hydrogen) atoms. The van der Waals surface area contributed by atoms with Crippen molar-refractivity contribution >= 4 is 33.7 Å². The van der Waals surface area contributed by atoms with Gasteiger partial charge in [-0.3, -0.25) is 9.59 Å². The number of aryl methyl sites for hydroxylation is 1. The Hall–Kier alpha value is -4.48. The van der Waals surface area contributed by atoms with E-state index in [1.165, 1.54) is 50.8 Å². The van der Waals surface area contributed by atoms with Gasteiger partial charge in [0.05, 0.1) is 6.42 Å². The van der Waals surface area contributed by atoms with Crippen molar-refractivity contribution < 1.29 is 32.7 Å². The molecule has 7 nitrogen and oxygen atoms in total. The normalized spacial score (nSPS) is 15.1. The van der Waals surface area contributed by atoms with Crippen molar-refractivity contribution in [2.75, 3.05) is 32.7 Å². The van der Waals surface area contributed by atoms with Crippen LogP contribution in [0.15, 0.2) is 108 Å². The molecule has 6 rings (SSSR count). The molecule has 2 saturated heterocycles. The van der Waals surface area contributed by atoms with E-state index in [4.69, 9.17) is 9.90 Å². The molecular weight excluding hydrogens is 795 g/mol. The summed E-state index contributed by atoms with van der Waals surface area (Å²) in [5.41, 5.74) is 6.21. The maximum absolute atomic E-state index is 13.7. The molecule has 4 aromatic rings. The van der Waals surface area contributed by atoms with E-state index in [9.17, 15) is 22.8 Å². The fourth-order valence-electron chi connectivity index (χ4n) is 7.70. The summed E-state index contributed by atoms with van der Waals surface area (Å²) in [7, 11) is 0. The maximum atomic E-state index is 13.7. The second kappa shape index (κ2) is 21.9. The first kappa shape index (κ1) is 43.6. The van der Waals surface area contributed by atoms with Gasteiger partial charge in [0.15, 0.2) is 0 Å². The van der Waals surface area contributed by atoms with Gasteiger partial charge in [-0.25, -0.2) is 4.79 Å². The van der Waals surface area contributed by atoms with Crippen LogP contribution in [-0.2, 0) is 29.0 Å². The molecule has 0 spiro atoms. The number of carboxylic acids is 1. The van der Waals surface area contributed by atoms with E-state index in [-0.39, 0.29) is 11.8 Å². The Kier molecular flexibility index (Phi) is 16.8. The summed E-state index contributed by atoms with van der Waals surface area (Å²) < 4.78 is 32.7. The standard InChI is InChI=1S/C44H52BrN3O2.C2HF3O2/c45-42-20-5-4-16-40(42)32-43(49)48(27-9-15-34-10-2-1-3-11-34)33-37-14-7-17-38(30-37)39-18-8-19-41(31-39)44(50)47-28-23-36(24-29-47)13-6-12-35-21-25-46-26-22-35;3-2(4,5)1(6)7/h1-5,7-8,10-11,14,16-20,30-31,35-36,46H,6,9,12-13,15,21-29,32-33H2;(H,6,7). The molecule has 2 aliphatic heterocycles. The van der Waals surface area contributed by atoms with E-state index >= 15 is 0 Å². The molecule has 0 radical (unpaired) electrons. The van der Waals surface area contributed by atoms with Crippen LogP contribution in [0.5, 0.6) is 0 Å². The van der Waals surface area contributed by atoms with Crippen molar-refractivity contribution in [2.24, 2.45) is 11.8 Å². The van der Waals surface area contributed by atoms with Gasteiger partial charge in [0, 0.05) is 36.2 Å². The highest BCUT2D eigenvalue weighted by Gasteiger charge is 2.38. The summed E-state index contributed by atoms with van der Waals surface area (Å²) in [6, 6.07) is 35.0. The van der Waals surface area contributed by atoms with Crippen molar-refractivity contribution in [3.8, 4) is 11.1 Å². The van der Waals surface area contributed by atoms with Crippen LogP contribution in [0.2, 0.25) is 0 Å². The molecule has 2 fully saturated rings. The van der Waals surface area contributed by atoms with Crippen molar-refractivity contribution in [1.82, 2.24) is 15.1 Å². The molecule has 0 saturated carbocycles. The van der Waals surface area contributed by atoms with Gasteiger partial charge in [0.2, 0.25) is 5.91 Å². The SMILES string of the molecule is O=C(Cc1ccccc1Br)N(CCCc1ccccc1)Cc1cccc(-c2cccc(C(=O)N3CCC(CCCC4CCNCC4)CC3)c2)c1.O=C(O)C(F)(F)F. The largest absolute Gasteiger partial charge is 0.490 e. The van der Waals surface area contributed by atoms with E-state index in [0.717, 1.165) is 82.9 Å². The number of nitrogens with zero attached hydrogens (tertiary/aromatic N) is 2. The lowest BCUT2D eigenvalue weighted by Gasteiger charge is -2.32. The zero-order valence-corrected chi connectivity index (χ0v) is 33.9. The molecule has 0 bridgehead atoms. The number of benzene rings is 4.